The molecule has 1 saturated heterocycles. The number of primary amides is 2. The molecule has 0 radical (unpaired) electrons. The Hall–Kier alpha value is -3.64. The Labute approximate surface area is 217 Å². The summed E-state index contributed by atoms with van der Waals surface area (Å²) in [5.41, 5.74) is 13.3. The molecular formula is C24H28ClN9O3. The molecule has 0 unspecified atom stereocenters. The number of imidazole rings is 1. The maximum absolute atomic E-state index is 11.5. The molecule has 2 amide bonds. The lowest BCUT2D eigenvalue weighted by atomic mass is 9.98. The molecule has 12 nitrogen and oxygen atoms in total. The van der Waals surface area contributed by atoms with Crippen LogP contribution in [0.4, 0.5) is 10.5 Å². The number of ether oxygens (including phenoxy) is 1. The summed E-state index contributed by atoms with van der Waals surface area (Å²) >= 11 is 6.57. The molecule has 13 heteroatoms. The zero-order valence-electron chi connectivity index (χ0n) is 20.0. The topological polar surface area (TPSA) is 170 Å². The first kappa shape index (κ1) is 23.7. The van der Waals surface area contributed by atoms with Crippen LogP contribution in [0.2, 0.25) is 5.02 Å². The fourth-order valence-electron chi connectivity index (χ4n) is 5.86. The van der Waals surface area contributed by atoms with Crippen molar-refractivity contribution in [1.29, 1.82) is 0 Å². The van der Waals surface area contributed by atoms with Crippen LogP contribution in [0, 0.1) is 11.8 Å². The third-order valence-electron chi connectivity index (χ3n) is 7.61. The fraction of sp³-hybridized carbons (Fsp3) is 0.458. The molecule has 2 aliphatic carbocycles. The van der Waals surface area contributed by atoms with Crippen molar-refractivity contribution in [2.24, 2.45) is 23.3 Å². The fourth-order valence-corrected chi connectivity index (χ4v) is 6.06. The van der Waals surface area contributed by atoms with Crippen LogP contribution in [0.15, 0.2) is 30.7 Å². The first-order chi connectivity index (χ1) is 17.9. The summed E-state index contributed by atoms with van der Waals surface area (Å²) in [6.45, 7) is 1.88. The molecule has 6 N–H and O–H groups in total. The molecule has 2 fully saturated rings. The van der Waals surface area contributed by atoms with Crippen molar-refractivity contribution in [2.45, 2.75) is 37.5 Å². The Kier molecular flexibility index (Phi) is 6.00. The number of anilines is 1. The average molecular weight is 526 g/mol. The maximum Gasteiger partial charge on any atom is 0.404 e. The highest BCUT2D eigenvalue weighted by Gasteiger charge is 2.47. The number of hydrogen-bond donors (Lipinski definition) is 4. The number of halogens is 1. The standard InChI is InChI=1S/C24H28ClN9O3/c25-16-9-28-23-20(19(16)30-18-12-1-2-13(7-12)21(18)37-24(27)36)31-22(32-23)14-8-29-34(10-14)15-3-5-33(6-4-15)11-17(26)35/h1-2,8-10,12-13,15,18,21H,3-7,11H2,(H2,26,35)(H2,27,36)(H2,28,30,31,32)/t12-,13+,18+,21-/m0/s1. The number of aromatic nitrogens is 5. The summed E-state index contributed by atoms with van der Waals surface area (Å²) in [6, 6.07) is 0.0700. The number of nitrogens with two attached hydrogens (primary N) is 2. The van der Waals surface area contributed by atoms with Crippen molar-refractivity contribution >= 4 is 40.5 Å². The summed E-state index contributed by atoms with van der Waals surface area (Å²) in [6.07, 6.45) is 11.0. The number of nitrogens with zero attached hydrogens (tertiary/aromatic N) is 5. The van der Waals surface area contributed by atoms with Gasteiger partial charge in [-0.05, 0) is 19.3 Å². The second-order valence-electron chi connectivity index (χ2n) is 9.97. The van der Waals surface area contributed by atoms with E-state index in [-0.39, 0.29) is 42.5 Å². The monoisotopic (exact) mass is 525 g/mol. The van der Waals surface area contributed by atoms with E-state index in [4.69, 9.17) is 27.8 Å². The number of carbonyl (C=O) groups is 2. The lowest BCUT2D eigenvalue weighted by molar-refractivity contribution is -0.119. The molecule has 4 heterocycles. The van der Waals surface area contributed by atoms with E-state index in [1.165, 1.54) is 0 Å². The Morgan fingerprint density at radius 3 is 2.73 bits per heavy atom. The summed E-state index contributed by atoms with van der Waals surface area (Å²) in [4.78, 5) is 37.2. The molecule has 4 atom stereocenters. The number of aromatic amines is 1. The van der Waals surface area contributed by atoms with E-state index in [9.17, 15) is 9.59 Å². The van der Waals surface area contributed by atoms with E-state index in [0.717, 1.165) is 37.9 Å². The lowest BCUT2D eigenvalue weighted by Gasteiger charge is -2.31. The predicted molar refractivity (Wildman–Crippen MR) is 137 cm³/mol. The number of carbonyl (C=O) groups excluding carboxylic acids is 2. The van der Waals surface area contributed by atoms with Crippen molar-refractivity contribution < 1.29 is 14.3 Å². The average Bonchev–Trinajstić information content (AvgIpc) is 3.65. The van der Waals surface area contributed by atoms with Crippen molar-refractivity contribution in [1.82, 2.24) is 29.6 Å². The lowest BCUT2D eigenvalue weighted by Crippen LogP contribution is -2.41. The van der Waals surface area contributed by atoms with E-state index in [2.05, 4.69) is 42.4 Å². The quantitative estimate of drug-likeness (QED) is 0.339. The largest absolute Gasteiger partial charge is 0.444 e. The van der Waals surface area contributed by atoms with Crippen molar-refractivity contribution in [3.63, 3.8) is 0 Å². The number of amides is 2. The third-order valence-corrected chi connectivity index (χ3v) is 7.90. The SMILES string of the molecule is NC(=O)CN1CCC(n2cc(-c3nc4ncc(Cl)c(N[C@H]5[C@@H](OC(N)=O)[C@@H]6C=C[C@H]5C6)c4[nH]3)cn2)CC1. The van der Waals surface area contributed by atoms with Gasteiger partial charge in [0.05, 0.1) is 47.3 Å². The zero-order chi connectivity index (χ0) is 25.7. The molecule has 6 rings (SSSR count). The van der Waals surface area contributed by atoms with Gasteiger partial charge in [-0.2, -0.15) is 5.10 Å². The van der Waals surface area contributed by atoms with Crippen LogP contribution in [-0.2, 0) is 9.53 Å². The molecule has 3 aromatic heterocycles. The van der Waals surface area contributed by atoms with Crippen LogP contribution < -0.4 is 16.8 Å². The predicted octanol–water partition coefficient (Wildman–Crippen LogP) is 2.05. The van der Waals surface area contributed by atoms with Crippen LogP contribution in [0.25, 0.3) is 22.6 Å². The highest BCUT2D eigenvalue weighted by atomic mass is 35.5. The number of piperidine rings is 1. The van der Waals surface area contributed by atoms with Crippen LogP contribution in [0.1, 0.15) is 25.3 Å². The minimum absolute atomic E-state index is 0.122. The molecule has 0 spiro atoms. The van der Waals surface area contributed by atoms with Gasteiger partial charge in [0.15, 0.2) is 5.65 Å². The van der Waals surface area contributed by atoms with Gasteiger partial charge < -0.3 is 26.5 Å². The van der Waals surface area contributed by atoms with Crippen LogP contribution in [0.5, 0.6) is 0 Å². The van der Waals surface area contributed by atoms with E-state index < -0.39 is 6.09 Å². The van der Waals surface area contributed by atoms with E-state index in [1.807, 2.05) is 10.9 Å². The Bertz CT molecular complexity index is 1380. The van der Waals surface area contributed by atoms with E-state index >= 15 is 0 Å². The molecule has 1 aliphatic heterocycles. The van der Waals surface area contributed by atoms with Gasteiger partial charge in [-0.25, -0.2) is 14.8 Å². The first-order valence-electron chi connectivity index (χ1n) is 12.4. The van der Waals surface area contributed by atoms with Crippen molar-refractivity contribution in [2.75, 3.05) is 25.0 Å². The number of H-pyrrole nitrogens is 1. The molecular weight excluding hydrogens is 498 g/mol. The van der Waals surface area contributed by atoms with Gasteiger partial charge in [-0.1, -0.05) is 23.8 Å². The van der Waals surface area contributed by atoms with Gasteiger partial charge in [-0.3, -0.25) is 14.4 Å². The second kappa shape index (κ2) is 9.34. The minimum atomic E-state index is -0.789. The number of fused-ring (bicyclic) bond motifs is 3. The van der Waals surface area contributed by atoms with Gasteiger partial charge in [0.1, 0.15) is 17.4 Å². The molecule has 3 aliphatic rings. The van der Waals surface area contributed by atoms with Gasteiger partial charge in [0.2, 0.25) is 5.91 Å². The van der Waals surface area contributed by atoms with E-state index in [0.29, 0.717) is 27.7 Å². The third kappa shape index (κ3) is 4.51. The molecule has 1 saturated carbocycles. The highest BCUT2D eigenvalue weighted by molar-refractivity contribution is 6.34. The van der Waals surface area contributed by atoms with Gasteiger partial charge >= 0.3 is 6.09 Å². The van der Waals surface area contributed by atoms with Gasteiger partial charge in [0.25, 0.3) is 0 Å². The minimum Gasteiger partial charge on any atom is -0.444 e. The molecule has 2 bridgehead atoms. The maximum atomic E-state index is 11.5. The molecule has 37 heavy (non-hydrogen) atoms. The summed E-state index contributed by atoms with van der Waals surface area (Å²) in [5, 5.41) is 8.50. The number of likely N-dealkylation sites (tertiary alicyclic amines) is 1. The van der Waals surface area contributed by atoms with E-state index in [1.54, 1.807) is 12.4 Å². The summed E-state index contributed by atoms with van der Waals surface area (Å²) in [7, 11) is 0. The van der Waals surface area contributed by atoms with Crippen molar-refractivity contribution in [3.05, 3.63) is 35.8 Å². The number of hydrogen-bond acceptors (Lipinski definition) is 8. The summed E-state index contributed by atoms with van der Waals surface area (Å²) in [5.74, 6) is 0.642. The Balaban J connectivity index is 1.23. The number of rotatable bonds is 7. The molecule has 3 aromatic rings. The summed E-state index contributed by atoms with van der Waals surface area (Å²) < 4.78 is 7.40. The van der Waals surface area contributed by atoms with Crippen LogP contribution in [-0.4, -0.2) is 73.4 Å². The van der Waals surface area contributed by atoms with Gasteiger partial charge in [0, 0.05) is 31.1 Å². The Morgan fingerprint density at radius 1 is 1.19 bits per heavy atom. The van der Waals surface area contributed by atoms with Crippen LogP contribution >= 0.6 is 11.6 Å². The first-order valence-corrected chi connectivity index (χ1v) is 12.7. The normalized spacial score (nSPS) is 25.6. The highest BCUT2D eigenvalue weighted by Crippen LogP contribution is 2.44. The Morgan fingerprint density at radius 2 is 1.97 bits per heavy atom. The number of nitrogens with one attached hydrogen (secondary N) is 2. The molecule has 194 valence electrons. The second-order valence-corrected chi connectivity index (χ2v) is 10.4. The van der Waals surface area contributed by atoms with Crippen LogP contribution in [0.3, 0.4) is 0 Å². The van der Waals surface area contributed by atoms with Crippen molar-refractivity contribution in [3.8, 4) is 11.4 Å². The zero-order valence-corrected chi connectivity index (χ0v) is 20.8. The smallest absolute Gasteiger partial charge is 0.404 e. The molecule has 0 aromatic carbocycles. The number of pyridine rings is 1. The van der Waals surface area contributed by atoms with Gasteiger partial charge in [-0.15, -0.1) is 0 Å².